The molecule has 0 radical (unpaired) electrons. The Kier molecular flexibility index (Phi) is 4.17. The summed E-state index contributed by atoms with van der Waals surface area (Å²) >= 11 is 0. The van der Waals surface area contributed by atoms with Crippen LogP contribution in [0, 0.1) is 17.6 Å². The highest BCUT2D eigenvalue weighted by Gasteiger charge is 2.28. The third-order valence-electron chi connectivity index (χ3n) is 3.14. The lowest BCUT2D eigenvalue weighted by Crippen LogP contribution is -2.54. The molecule has 1 saturated heterocycles. The van der Waals surface area contributed by atoms with Gasteiger partial charge in [0.25, 0.3) is 0 Å². The Morgan fingerprint density at radius 3 is 2.61 bits per heavy atom. The molecule has 0 aliphatic carbocycles. The van der Waals surface area contributed by atoms with Gasteiger partial charge in [0.2, 0.25) is 0 Å². The molecule has 2 nitrogen and oxygen atoms in total. The molecule has 0 unspecified atom stereocenters. The van der Waals surface area contributed by atoms with Gasteiger partial charge in [-0.05, 0) is 31.0 Å². The third-order valence-corrected chi connectivity index (χ3v) is 3.14. The summed E-state index contributed by atoms with van der Waals surface area (Å²) in [5, 5.41) is 0. The van der Waals surface area contributed by atoms with Gasteiger partial charge in [0, 0.05) is 19.2 Å². The molecule has 1 aromatic rings. The molecule has 18 heavy (non-hydrogen) atoms. The maximum absolute atomic E-state index is 13.0. The third kappa shape index (κ3) is 3.42. The number of benzene rings is 1. The van der Waals surface area contributed by atoms with Crippen LogP contribution in [0.2, 0.25) is 0 Å². The van der Waals surface area contributed by atoms with E-state index in [2.05, 4.69) is 18.7 Å². The van der Waals surface area contributed by atoms with Crippen molar-refractivity contribution in [1.82, 2.24) is 4.90 Å². The van der Waals surface area contributed by atoms with E-state index in [9.17, 15) is 8.78 Å². The van der Waals surface area contributed by atoms with E-state index in [0.29, 0.717) is 11.7 Å². The quantitative estimate of drug-likeness (QED) is 0.801. The van der Waals surface area contributed by atoms with Crippen LogP contribution in [0.5, 0.6) is 5.75 Å². The Bertz CT molecular complexity index is 403. The van der Waals surface area contributed by atoms with Crippen LogP contribution in [-0.2, 0) is 0 Å². The van der Waals surface area contributed by atoms with E-state index in [1.807, 2.05) is 0 Å². The van der Waals surface area contributed by atoms with Crippen LogP contribution >= 0.6 is 0 Å². The lowest BCUT2D eigenvalue weighted by atomic mass is 10.1. The highest BCUT2D eigenvalue weighted by Crippen LogP contribution is 2.20. The molecule has 1 aromatic carbocycles. The van der Waals surface area contributed by atoms with E-state index in [-0.39, 0.29) is 6.10 Å². The second kappa shape index (κ2) is 5.65. The SMILES string of the molecule is CC(C)CCN1CC(Oc2ccc(F)c(F)c2)C1. The molecule has 0 aromatic heterocycles. The van der Waals surface area contributed by atoms with Crippen LogP contribution in [0.25, 0.3) is 0 Å². The highest BCUT2D eigenvalue weighted by molar-refractivity contribution is 5.24. The maximum Gasteiger partial charge on any atom is 0.162 e. The standard InChI is InChI=1S/C14H19F2NO/c1-10(2)5-6-17-8-12(9-17)18-11-3-4-13(15)14(16)7-11/h3-4,7,10,12H,5-6,8-9H2,1-2H3. The van der Waals surface area contributed by atoms with Gasteiger partial charge in [-0.15, -0.1) is 0 Å². The Balaban J connectivity index is 1.74. The van der Waals surface area contributed by atoms with E-state index in [1.54, 1.807) is 0 Å². The Labute approximate surface area is 107 Å². The molecule has 1 heterocycles. The molecule has 0 atom stereocenters. The van der Waals surface area contributed by atoms with Gasteiger partial charge in [0.15, 0.2) is 11.6 Å². The van der Waals surface area contributed by atoms with Crippen molar-refractivity contribution in [3.8, 4) is 5.75 Å². The van der Waals surface area contributed by atoms with Gasteiger partial charge < -0.3 is 4.74 Å². The van der Waals surface area contributed by atoms with Gasteiger partial charge in [0.05, 0.1) is 0 Å². The van der Waals surface area contributed by atoms with Gasteiger partial charge in [0.1, 0.15) is 11.9 Å². The second-order valence-electron chi connectivity index (χ2n) is 5.26. The van der Waals surface area contributed by atoms with Crippen LogP contribution in [0.15, 0.2) is 18.2 Å². The predicted octanol–water partition coefficient (Wildman–Crippen LogP) is 3.07. The molecular weight excluding hydrogens is 236 g/mol. The van der Waals surface area contributed by atoms with Crippen molar-refractivity contribution in [3.63, 3.8) is 0 Å². The molecule has 1 fully saturated rings. The van der Waals surface area contributed by atoms with Gasteiger partial charge in [-0.1, -0.05) is 13.8 Å². The van der Waals surface area contributed by atoms with Gasteiger partial charge in [-0.3, -0.25) is 4.90 Å². The molecule has 2 rings (SSSR count). The highest BCUT2D eigenvalue weighted by atomic mass is 19.2. The average molecular weight is 255 g/mol. The van der Waals surface area contributed by atoms with Crippen molar-refractivity contribution in [2.24, 2.45) is 5.92 Å². The summed E-state index contributed by atoms with van der Waals surface area (Å²) in [6.07, 6.45) is 1.28. The van der Waals surface area contributed by atoms with Crippen molar-refractivity contribution >= 4 is 0 Å². The average Bonchev–Trinajstić information content (AvgIpc) is 2.26. The van der Waals surface area contributed by atoms with E-state index in [4.69, 9.17) is 4.74 Å². The van der Waals surface area contributed by atoms with Crippen molar-refractivity contribution in [1.29, 1.82) is 0 Å². The molecule has 0 bridgehead atoms. The van der Waals surface area contributed by atoms with Crippen LogP contribution in [0.3, 0.4) is 0 Å². The largest absolute Gasteiger partial charge is 0.488 e. The molecule has 0 spiro atoms. The van der Waals surface area contributed by atoms with Crippen LogP contribution < -0.4 is 4.74 Å². The predicted molar refractivity (Wildman–Crippen MR) is 66.7 cm³/mol. The zero-order valence-corrected chi connectivity index (χ0v) is 10.8. The first-order valence-electron chi connectivity index (χ1n) is 6.38. The minimum Gasteiger partial charge on any atom is -0.488 e. The minimum atomic E-state index is -0.858. The van der Waals surface area contributed by atoms with Crippen molar-refractivity contribution in [2.45, 2.75) is 26.4 Å². The fraction of sp³-hybridized carbons (Fsp3) is 0.571. The lowest BCUT2D eigenvalue weighted by molar-refractivity contribution is 0.0172. The second-order valence-corrected chi connectivity index (χ2v) is 5.26. The number of halogens is 2. The van der Waals surface area contributed by atoms with E-state index in [1.165, 1.54) is 12.5 Å². The Morgan fingerprint density at radius 2 is 2.00 bits per heavy atom. The normalized spacial score (nSPS) is 16.9. The van der Waals surface area contributed by atoms with Crippen molar-refractivity contribution in [3.05, 3.63) is 29.8 Å². The van der Waals surface area contributed by atoms with E-state index >= 15 is 0 Å². The number of hydrogen-bond acceptors (Lipinski definition) is 2. The van der Waals surface area contributed by atoms with Crippen molar-refractivity contribution < 1.29 is 13.5 Å². The fourth-order valence-corrected chi connectivity index (χ4v) is 1.96. The van der Waals surface area contributed by atoms with Crippen LogP contribution in [0.4, 0.5) is 8.78 Å². The fourth-order valence-electron chi connectivity index (χ4n) is 1.96. The Morgan fingerprint density at radius 1 is 1.28 bits per heavy atom. The van der Waals surface area contributed by atoms with Gasteiger partial charge in [-0.25, -0.2) is 8.78 Å². The summed E-state index contributed by atoms with van der Waals surface area (Å²) in [5.41, 5.74) is 0. The monoisotopic (exact) mass is 255 g/mol. The summed E-state index contributed by atoms with van der Waals surface area (Å²) in [4.78, 5) is 2.31. The molecule has 0 saturated carbocycles. The molecule has 4 heteroatoms. The molecular formula is C14H19F2NO. The van der Waals surface area contributed by atoms with E-state index < -0.39 is 11.6 Å². The van der Waals surface area contributed by atoms with Crippen molar-refractivity contribution in [2.75, 3.05) is 19.6 Å². The van der Waals surface area contributed by atoms with Crippen LogP contribution in [0.1, 0.15) is 20.3 Å². The molecule has 0 N–H and O–H groups in total. The zero-order valence-electron chi connectivity index (χ0n) is 10.8. The molecule has 1 aliphatic heterocycles. The summed E-state index contributed by atoms with van der Waals surface area (Å²) in [7, 11) is 0. The minimum absolute atomic E-state index is 0.0991. The maximum atomic E-state index is 13.0. The Hall–Kier alpha value is -1.16. The summed E-state index contributed by atoms with van der Waals surface area (Å²) in [6, 6.07) is 3.67. The first-order chi connectivity index (χ1) is 8.54. The van der Waals surface area contributed by atoms with Gasteiger partial charge in [-0.2, -0.15) is 0 Å². The summed E-state index contributed by atoms with van der Waals surface area (Å²) in [6.45, 7) is 7.22. The topological polar surface area (TPSA) is 12.5 Å². The summed E-state index contributed by atoms with van der Waals surface area (Å²) < 4.78 is 31.3. The number of likely N-dealkylation sites (tertiary alicyclic amines) is 1. The first kappa shape index (κ1) is 13.3. The lowest BCUT2D eigenvalue weighted by Gasteiger charge is -2.39. The number of ether oxygens (including phenoxy) is 1. The van der Waals surface area contributed by atoms with Gasteiger partial charge >= 0.3 is 0 Å². The number of hydrogen-bond donors (Lipinski definition) is 0. The van der Waals surface area contributed by atoms with E-state index in [0.717, 1.165) is 31.8 Å². The first-order valence-corrected chi connectivity index (χ1v) is 6.38. The molecule has 0 amide bonds. The molecule has 100 valence electrons. The van der Waals surface area contributed by atoms with Crippen LogP contribution in [-0.4, -0.2) is 30.6 Å². The summed E-state index contributed by atoms with van der Waals surface area (Å²) in [5.74, 6) is -0.587. The number of rotatable bonds is 5. The number of nitrogens with zero attached hydrogens (tertiary/aromatic N) is 1. The zero-order chi connectivity index (χ0) is 13.1. The smallest absolute Gasteiger partial charge is 0.162 e. The molecule has 1 aliphatic rings.